The molecule has 0 fully saturated rings. The highest BCUT2D eigenvalue weighted by atomic mass is 79.9. The van der Waals surface area contributed by atoms with E-state index in [1.807, 2.05) is 0 Å². The van der Waals surface area contributed by atoms with Crippen molar-refractivity contribution in [3.63, 3.8) is 0 Å². The van der Waals surface area contributed by atoms with Gasteiger partial charge in [-0.3, -0.25) is 47.8 Å². The van der Waals surface area contributed by atoms with E-state index in [4.69, 9.17) is 4.43 Å². The number of aromatic amines is 1. The molecule has 22 nitrogen and oxygen atoms in total. The number of rotatable bonds is 13. The monoisotopic (exact) mass is 1220 g/mol. The molecule has 0 spiro atoms. The average Bonchev–Trinajstić information content (AvgIpc) is 4.16. The summed E-state index contributed by atoms with van der Waals surface area (Å²) in [6.07, 6.45) is -4.13. The zero-order chi connectivity index (χ0) is 59.2. The van der Waals surface area contributed by atoms with Gasteiger partial charge in [0, 0.05) is 60.9 Å². The molecule has 8 heterocycles. The number of hydrogen-bond acceptors (Lipinski definition) is 14. The summed E-state index contributed by atoms with van der Waals surface area (Å²) in [5.74, 6) is -0.998. The Kier molecular flexibility index (Phi) is 20.2. The molecule has 0 aromatic carbocycles. The van der Waals surface area contributed by atoms with Crippen LogP contribution >= 0.6 is 15.9 Å². The van der Waals surface area contributed by atoms with Crippen LogP contribution in [0.25, 0.3) is 44.8 Å². The normalized spacial score (nSPS) is 11.8. The first-order valence-corrected chi connectivity index (χ1v) is 28.1. The van der Waals surface area contributed by atoms with E-state index in [0.717, 1.165) is 37.8 Å². The SMILES string of the molecule is C.CC(C)(C)[Si](C)(C)OCCBr.Cc1ncc(-c2cccc(NC(=O)Cn3cnc4c3c(=O)[nH]c(=O)n4C)n2)cc1C(F)(F)F.Cc1ncc(-c2cccc(NC(=O)Cn3cnc4c3c(=O)n(CCO)c(=O)n4C)n2)cc1C(F)(F)F. The van der Waals surface area contributed by atoms with Crippen molar-refractivity contribution in [3.8, 4) is 22.5 Å². The number of aryl methyl sites for hydroxylation is 4. The lowest BCUT2D eigenvalue weighted by Gasteiger charge is -2.35. The Morgan fingerprint density at radius 2 is 1.19 bits per heavy atom. The predicted octanol–water partition coefficient (Wildman–Crippen LogP) is 7.20. The fourth-order valence-corrected chi connectivity index (χ4v) is 8.99. The van der Waals surface area contributed by atoms with Crippen molar-refractivity contribution < 1.29 is 45.5 Å². The van der Waals surface area contributed by atoms with Gasteiger partial charge in [-0.2, -0.15) is 26.3 Å². The summed E-state index contributed by atoms with van der Waals surface area (Å²) < 4.78 is 90.8. The van der Waals surface area contributed by atoms with Crippen molar-refractivity contribution in [2.75, 3.05) is 29.2 Å². The van der Waals surface area contributed by atoms with Gasteiger partial charge >= 0.3 is 23.7 Å². The largest absolute Gasteiger partial charge is 0.418 e. The minimum absolute atomic E-state index is 0. The van der Waals surface area contributed by atoms with Crippen molar-refractivity contribution in [1.82, 2.24) is 57.7 Å². The number of hydrogen-bond donors (Lipinski definition) is 4. The van der Waals surface area contributed by atoms with Crippen LogP contribution in [-0.2, 0) is 60.1 Å². The van der Waals surface area contributed by atoms with E-state index >= 15 is 0 Å². The van der Waals surface area contributed by atoms with Gasteiger partial charge in [-0.25, -0.2) is 29.5 Å². The van der Waals surface area contributed by atoms with Gasteiger partial charge in [0.1, 0.15) is 24.7 Å². The number of imidazole rings is 2. The third kappa shape index (κ3) is 15.1. The fourth-order valence-electron chi connectivity index (χ4n) is 7.48. The number of amides is 2. The van der Waals surface area contributed by atoms with Gasteiger partial charge in [0.05, 0.1) is 48.3 Å². The van der Waals surface area contributed by atoms with Gasteiger partial charge in [0.25, 0.3) is 11.1 Å². The summed E-state index contributed by atoms with van der Waals surface area (Å²) in [4.78, 5) is 100. The highest BCUT2D eigenvalue weighted by molar-refractivity contribution is 9.09. The summed E-state index contributed by atoms with van der Waals surface area (Å²) >= 11 is 3.37. The quantitative estimate of drug-likeness (QED) is 0.0505. The lowest BCUT2D eigenvalue weighted by molar-refractivity contribution is -0.139. The Morgan fingerprint density at radius 1 is 0.728 bits per heavy atom. The van der Waals surface area contributed by atoms with Gasteiger partial charge in [0.2, 0.25) is 11.8 Å². The maximum atomic E-state index is 13.3. The summed E-state index contributed by atoms with van der Waals surface area (Å²) in [6, 6.07) is 10.8. The lowest BCUT2D eigenvalue weighted by atomic mass is 10.1. The highest BCUT2D eigenvalue weighted by Crippen LogP contribution is 2.37. The number of halogens is 7. The number of aromatic nitrogens is 12. The number of carbonyl (C=O) groups excluding carboxylic acids is 2. The van der Waals surface area contributed by atoms with Crippen LogP contribution in [0.15, 0.2) is 92.8 Å². The molecule has 2 amide bonds. The summed E-state index contributed by atoms with van der Waals surface area (Å²) in [6.45, 7) is 13.4. The number of H-pyrrole nitrogens is 1. The number of anilines is 2. The van der Waals surface area contributed by atoms with Crippen LogP contribution in [0, 0.1) is 13.8 Å². The zero-order valence-electron chi connectivity index (χ0n) is 44.5. The van der Waals surface area contributed by atoms with Gasteiger partial charge in [-0.05, 0) is 68.4 Å². The number of nitrogens with zero attached hydrogens (tertiary/aromatic N) is 11. The molecule has 4 N–H and O–H groups in total. The first-order chi connectivity index (χ1) is 37.4. The Morgan fingerprint density at radius 3 is 1.62 bits per heavy atom. The van der Waals surface area contributed by atoms with Gasteiger partial charge in [-0.15, -0.1) is 0 Å². The number of aliphatic hydroxyl groups is 1. The lowest BCUT2D eigenvalue weighted by Crippen LogP contribution is -2.41. The molecule has 0 unspecified atom stereocenters. The molecule has 0 aliphatic heterocycles. The molecule has 0 radical (unpaired) electrons. The number of carbonyl (C=O) groups is 2. The molecule has 30 heteroatoms. The summed E-state index contributed by atoms with van der Waals surface area (Å²) in [5, 5.41) is 15.5. The molecule has 8 aromatic heterocycles. The second-order valence-electron chi connectivity index (χ2n) is 19.3. The van der Waals surface area contributed by atoms with Crippen LogP contribution in [0.5, 0.6) is 0 Å². The van der Waals surface area contributed by atoms with Crippen LogP contribution in [0.4, 0.5) is 38.0 Å². The van der Waals surface area contributed by atoms with E-state index in [1.54, 1.807) is 0 Å². The summed E-state index contributed by atoms with van der Waals surface area (Å²) in [7, 11) is 1.38. The molecule has 0 aliphatic rings. The molecule has 0 saturated carbocycles. The Labute approximate surface area is 467 Å². The third-order valence-electron chi connectivity index (χ3n) is 12.7. The third-order valence-corrected chi connectivity index (χ3v) is 17.5. The van der Waals surface area contributed by atoms with E-state index in [-0.39, 0.29) is 94.9 Å². The minimum Gasteiger partial charge on any atom is -0.416 e. The van der Waals surface area contributed by atoms with Crippen LogP contribution in [0.3, 0.4) is 0 Å². The molecule has 8 rings (SSSR count). The minimum atomic E-state index is -4.58. The van der Waals surface area contributed by atoms with Gasteiger partial charge < -0.3 is 29.3 Å². The van der Waals surface area contributed by atoms with Crippen molar-refractivity contribution in [3.05, 3.63) is 138 Å². The molecule has 434 valence electrons. The van der Waals surface area contributed by atoms with Crippen molar-refractivity contribution in [2.45, 2.75) is 92.2 Å². The first kappa shape index (κ1) is 63.9. The Hall–Kier alpha value is -7.96. The number of aliphatic hydroxyl groups excluding tert-OH is 1. The number of nitrogens with one attached hydrogen (secondary N) is 3. The number of fused-ring (bicyclic) bond motifs is 2. The van der Waals surface area contributed by atoms with Crippen LogP contribution in [-0.4, -0.2) is 102 Å². The molecule has 81 heavy (non-hydrogen) atoms. The first-order valence-electron chi connectivity index (χ1n) is 24.1. The second kappa shape index (κ2) is 25.7. The van der Waals surface area contributed by atoms with E-state index < -0.39 is 72.7 Å². The molecule has 0 atom stereocenters. The fraction of sp³-hybridized carbons (Fsp3) is 0.373. The van der Waals surface area contributed by atoms with E-state index in [9.17, 15) is 60.2 Å². The van der Waals surface area contributed by atoms with Crippen LogP contribution in [0.1, 0.15) is 50.7 Å². The molecular weight excluding hydrogens is 1160 g/mol. The standard InChI is InChI=1S/C22H20F3N7O4.C20H16F3N7O3.C8H19BrOSi.CH4/c1-12-14(22(23,24)25)8-13(9-26-12)15-4-3-5-16(28-15)29-17(34)10-31-11-27-19-18(31)20(35)32(6-7-33)21(36)30(19)2;1-10-12(20(21,22)23)6-11(7-24-10)13-4-3-5-14(26-13)27-15(31)8-30-9-25-17-16(30)18(32)28-19(33)29(17)2;1-8(2,3)11(4,5)10-7-6-9;/h3-5,8-9,11,33H,6-7,10H2,1-2H3,(H,28,29,34);3-7,9H,8H2,1-2H3,(H,26,27,31)(H,28,32,33);6-7H2,1-5H3;1H4. The Balaban J connectivity index is 0.000000249. The predicted molar refractivity (Wildman–Crippen MR) is 297 cm³/mol. The average molecular weight is 1220 g/mol. The maximum Gasteiger partial charge on any atom is 0.418 e. The van der Waals surface area contributed by atoms with Crippen LogP contribution in [0.2, 0.25) is 18.1 Å². The second-order valence-corrected chi connectivity index (χ2v) is 25.0. The van der Waals surface area contributed by atoms with E-state index in [1.165, 1.54) is 98.5 Å². The maximum absolute atomic E-state index is 13.3. The van der Waals surface area contributed by atoms with Crippen molar-refractivity contribution in [1.29, 1.82) is 0 Å². The zero-order valence-corrected chi connectivity index (χ0v) is 47.1. The van der Waals surface area contributed by atoms with E-state index in [2.05, 4.69) is 95.3 Å². The van der Waals surface area contributed by atoms with Gasteiger partial charge in [0.15, 0.2) is 30.6 Å². The number of pyridine rings is 4. The number of alkyl halides is 7. The molecular formula is C51H59BrF6N14O8Si. The van der Waals surface area contributed by atoms with Crippen LogP contribution < -0.4 is 33.1 Å². The Bertz CT molecular complexity index is 3840. The highest BCUT2D eigenvalue weighted by Gasteiger charge is 2.37. The van der Waals surface area contributed by atoms with Crippen molar-refractivity contribution in [2.24, 2.45) is 14.1 Å². The topological polar surface area (TPSA) is 274 Å². The summed E-state index contributed by atoms with van der Waals surface area (Å²) in [5.41, 5.74) is -3.94. The smallest absolute Gasteiger partial charge is 0.416 e. The molecule has 8 aromatic rings. The van der Waals surface area contributed by atoms with Crippen molar-refractivity contribution >= 4 is 70.0 Å². The van der Waals surface area contributed by atoms with E-state index in [0.29, 0.717) is 5.04 Å². The van der Waals surface area contributed by atoms with Gasteiger partial charge in [-0.1, -0.05) is 56.3 Å². The molecule has 0 saturated heterocycles. The molecule has 0 aliphatic carbocycles. The molecule has 0 bridgehead atoms.